The van der Waals surface area contributed by atoms with E-state index in [0.717, 1.165) is 13.1 Å². The molecule has 0 unspecified atom stereocenters. The van der Waals surface area contributed by atoms with Crippen LogP contribution in [0.25, 0.3) is 0 Å². The standard InChI is InChI=1S/C16H25N3.2ClH/c1-18(10-11-19-8-6-17-7-9-19)16-12-14-4-2-3-5-15(14)13-16;;/h2-5,16-17H,6-13H2,1H3;2*1H. The van der Waals surface area contributed by atoms with E-state index in [9.17, 15) is 0 Å². The molecule has 1 saturated heterocycles. The zero-order chi connectivity index (χ0) is 13.1. The van der Waals surface area contributed by atoms with E-state index in [4.69, 9.17) is 0 Å². The highest BCUT2D eigenvalue weighted by atomic mass is 35.5. The zero-order valence-corrected chi connectivity index (χ0v) is 14.4. The van der Waals surface area contributed by atoms with Crippen molar-refractivity contribution < 1.29 is 0 Å². The molecule has 0 amide bonds. The van der Waals surface area contributed by atoms with Gasteiger partial charge >= 0.3 is 0 Å². The monoisotopic (exact) mass is 331 g/mol. The number of benzene rings is 1. The summed E-state index contributed by atoms with van der Waals surface area (Å²) in [7, 11) is 2.29. The number of nitrogens with one attached hydrogen (secondary N) is 1. The van der Waals surface area contributed by atoms with Crippen molar-refractivity contribution in [2.75, 3.05) is 46.3 Å². The van der Waals surface area contributed by atoms with Gasteiger partial charge in [-0.25, -0.2) is 0 Å². The Kier molecular flexibility index (Phi) is 7.99. The van der Waals surface area contributed by atoms with Crippen molar-refractivity contribution in [3.05, 3.63) is 35.4 Å². The normalized spacial score (nSPS) is 19.0. The van der Waals surface area contributed by atoms with Gasteiger partial charge in [0.1, 0.15) is 0 Å². The fourth-order valence-corrected chi connectivity index (χ4v) is 3.26. The first-order chi connectivity index (χ1) is 9.33. The second-order valence-corrected chi connectivity index (χ2v) is 5.90. The first-order valence-corrected chi connectivity index (χ1v) is 7.53. The van der Waals surface area contributed by atoms with Crippen molar-refractivity contribution in [2.24, 2.45) is 0 Å². The zero-order valence-electron chi connectivity index (χ0n) is 12.8. The van der Waals surface area contributed by atoms with Crippen LogP contribution in [0, 0.1) is 0 Å². The van der Waals surface area contributed by atoms with Crippen molar-refractivity contribution in [2.45, 2.75) is 18.9 Å². The number of halogens is 2. The summed E-state index contributed by atoms with van der Waals surface area (Å²) in [6.07, 6.45) is 2.46. The molecule has 0 spiro atoms. The highest BCUT2D eigenvalue weighted by Crippen LogP contribution is 2.24. The molecule has 1 aliphatic heterocycles. The van der Waals surface area contributed by atoms with Gasteiger partial charge in [-0.2, -0.15) is 0 Å². The minimum atomic E-state index is 0. The largest absolute Gasteiger partial charge is 0.314 e. The van der Waals surface area contributed by atoms with Crippen LogP contribution < -0.4 is 5.32 Å². The van der Waals surface area contributed by atoms with Gasteiger partial charge in [0.15, 0.2) is 0 Å². The van der Waals surface area contributed by atoms with Crippen LogP contribution in [0.2, 0.25) is 0 Å². The van der Waals surface area contributed by atoms with E-state index in [1.807, 2.05) is 0 Å². The third kappa shape index (κ3) is 4.83. The maximum absolute atomic E-state index is 3.41. The molecule has 2 aliphatic rings. The smallest absolute Gasteiger partial charge is 0.0174 e. The van der Waals surface area contributed by atoms with Gasteiger partial charge in [0.25, 0.3) is 0 Å². The van der Waals surface area contributed by atoms with Crippen LogP contribution in [-0.4, -0.2) is 62.2 Å². The molecule has 3 rings (SSSR count). The SMILES string of the molecule is CN(CCN1CCNCC1)C1Cc2ccccc2C1.Cl.Cl. The van der Waals surface area contributed by atoms with Gasteiger partial charge in [0.05, 0.1) is 0 Å². The quantitative estimate of drug-likeness (QED) is 0.908. The van der Waals surface area contributed by atoms with Gasteiger partial charge in [-0.3, -0.25) is 4.90 Å². The first-order valence-electron chi connectivity index (χ1n) is 7.53. The minimum Gasteiger partial charge on any atom is -0.314 e. The Morgan fingerprint density at radius 3 is 2.24 bits per heavy atom. The van der Waals surface area contributed by atoms with Crippen molar-refractivity contribution in [3.8, 4) is 0 Å². The molecule has 1 aliphatic carbocycles. The molecule has 120 valence electrons. The van der Waals surface area contributed by atoms with E-state index >= 15 is 0 Å². The van der Waals surface area contributed by atoms with Gasteiger partial charge < -0.3 is 10.2 Å². The van der Waals surface area contributed by atoms with Crippen molar-refractivity contribution >= 4 is 24.8 Å². The lowest BCUT2D eigenvalue weighted by molar-refractivity contribution is 0.179. The summed E-state index contributed by atoms with van der Waals surface area (Å²) in [5, 5.41) is 3.41. The first kappa shape index (κ1) is 18.7. The van der Waals surface area contributed by atoms with E-state index in [2.05, 4.69) is 46.4 Å². The van der Waals surface area contributed by atoms with Crippen molar-refractivity contribution in [1.29, 1.82) is 0 Å². The predicted molar refractivity (Wildman–Crippen MR) is 94.1 cm³/mol. The van der Waals surface area contributed by atoms with Crippen LogP contribution in [0.4, 0.5) is 0 Å². The van der Waals surface area contributed by atoms with Crippen LogP contribution in [0.5, 0.6) is 0 Å². The molecule has 1 aromatic rings. The Morgan fingerprint density at radius 2 is 1.67 bits per heavy atom. The van der Waals surface area contributed by atoms with Crippen molar-refractivity contribution in [3.63, 3.8) is 0 Å². The number of rotatable bonds is 4. The second kappa shape index (κ2) is 8.96. The molecule has 0 bridgehead atoms. The summed E-state index contributed by atoms with van der Waals surface area (Å²) in [5.74, 6) is 0. The Morgan fingerprint density at radius 1 is 1.10 bits per heavy atom. The Balaban J connectivity index is 0.00000110. The molecule has 1 N–H and O–H groups in total. The van der Waals surface area contributed by atoms with Gasteiger partial charge in [-0.15, -0.1) is 24.8 Å². The topological polar surface area (TPSA) is 18.5 Å². The number of hydrogen-bond donors (Lipinski definition) is 1. The van der Waals surface area contributed by atoms with E-state index in [1.54, 1.807) is 11.1 Å². The summed E-state index contributed by atoms with van der Waals surface area (Å²) in [6, 6.07) is 9.63. The molecule has 0 saturated carbocycles. The summed E-state index contributed by atoms with van der Waals surface area (Å²) in [4.78, 5) is 5.14. The average molecular weight is 332 g/mol. The van der Waals surface area contributed by atoms with Crippen LogP contribution in [0.1, 0.15) is 11.1 Å². The lowest BCUT2D eigenvalue weighted by atomic mass is 10.1. The number of fused-ring (bicyclic) bond motifs is 1. The van der Waals surface area contributed by atoms with Crippen LogP contribution in [0.15, 0.2) is 24.3 Å². The van der Waals surface area contributed by atoms with Crippen LogP contribution >= 0.6 is 24.8 Å². The highest BCUT2D eigenvalue weighted by Gasteiger charge is 2.24. The van der Waals surface area contributed by atoms with E-state index < -0.39 is 0 Å². The maximum atomic E-state index is 3.41. The lowest BCUT2D eigenvalue weighted by Crippen LogP contribution is -2.47. The molecular formula is C16H27Cl2N3. The predicted octanol–water partition coefficient (Wildman–Crippen LogP) is 1.83. The van der Waals surface area contributed by atoms with Gasteiger partial charge in [0.2, 0.25) is 0 Å². The van der Waals surface area contributed by atoms with Crippen LogP contribution in [-0.2, 0) is 12.8 Å². The molecule has 0 atom stereocenters. The van der Waals surface area contributed by atoms with E-state index in [1.165, 1.54) is 39.0 Å². The minimum absolute atomic E-state index is 0. The molecule has 21 heavy (non-hydrogen) atoms. The average Bonchev–Trinajstić information content (AvgIpc) is 2.90. The fraction of sp³-hybridized carbons (Fsp3) is 0.625. The molecule has 5 heteroatoms. The maximum Gasteiger partial charge on any atom is 0.0174 e. The summed E-state index contributed by atoms with van der Waals surface area (Å²) < 4.78 is 0. The summed E-state index contributed by atoms with van der Waals surface area (Å²) in [5.41, 5.74) is 3.11. The van der Waals surface area contributed by atoms with Gasteiger partial charge in [-0.1, -0.05) is 24.3 Å². The molecular weight excluding hydrogens is 305 g/mol. The Hall–Kier alpha value is -0.320. The number of nitrogens with zero attached hydrogens (tertiary/aromatic N) is 2. The Bertz CT molecular complexity index is 397. The fourth-order valence-electron chi connectivity index (χ4n) is 3.26. The van der Waals surface area contributed by atoms with Crippen LogP contribution in [0.3, 0.4) is 0 Å². The molecule has 1 aromatic carbocycles. The molecule has 0 radical (unpaired) electrons. The lowest BCUT2D eigenvalue weighted by Gasteiger charge is -2.31. The van der Waals surface area contributed by atoms with E-state index in [-0.39, 0.29) is 24.8 Å². The van der Waals surface area contributed by atoms with Gasteiger partial charge in [0, 0.05) is 45.3 Å². The molecule has 1 heterocycles. The molecule has 1 fully saturated rings. The number of piperazine rings is 1. The van der Waals surface area contributed by atoms with E-state index in [0.29, 0.717) is 6.04 Å². The third-order valence-corrected chi connectivity index (χ3v) is 4.63. The highest BCUT2D eigenvalue weighted by molar-refractivity contribution is 5.85. The van der Waals surface area contributed by atoms with Gasteiger partial charge in [-0.05, 0) is 31.0 Å². The Labute approximate surface area is 140 Å². The molecule has 3 nitrogen and oxygen atoms in total. The summed E-state index contributed by atoms with van der Waals surface area (Å²) in [6.45, 7) is 7.12. The number of likely N-dealkylation sites (N-methyl/N-ethyl adjacent to an activating group) is 1. The third-order valence-electron chi connectivity index (χ3n) is 4.63. The summed E-state index contributed by atoms with van der Waals surface area (Å²) >= 11 is 0. The number of hydrogen-bond acceptors (Lipinski definition) is 3. The van der Waals surface area contributed by atoms with Crippen molar-refractivity contribution in [1.82, 2.24) is 15.1 Å². The second-order valence-electron chi connectivity index (χ2n) is 5.90. The molecule has 0 aromatic heterocycles.